The molecular weight excluding hydrogens is 444 g/mol. The molecule has 5 rings (SSSR count). The summed E-state index contributed by atoms with van der Waals surface area (Å²) < 4.78 is 65.6. The van der Waals surface area contributed by atoms with E-state index >= 15 is 0 Å². The molecule has 0 bridgehead atoms. The molecule has 162 valence electrons. The normalized spacial score (nSPS) is 14.6. The van der Waals surface area contributed by atoms with E-state index in [0.717, 1.165) is 11.3 Å². The molecule has 3 aromatic rings. The maximum atomic E-state index is 12.8. The number of H-pyrrole nitrogens is 1. The van der Waals surface area contributed by atoms with Crippen LogP contribution >= 0.6 is 11.3 Å². The van der Waals surface area contributed by atoms with Crippen LogP contribution in [0.2, 0.25) is 0 Å². The first-order valence-corrected chi connectivity index (χ1v) is 11.7. The van der Waals surface area contributed by atoms with Gasteiger partial charge >= 0.3 is 5.97 Å². The molecule has 0 saturated carbocycles. The number of terminal acetylenes is 1. The van der Waals surface area contributed by atoms with Crippen molar-refractivity contribution in [2.45, 2.75) is 23.6 Å². The van der Waals surface area contributed by atoms with Crippen LogP contribution in [0, 0.1) is 19.4 Å². The van der Waals surface area contributed by atoms with Gasteiger partial charge in [-0.2, -0.15) is 8.42 Å². The van der Waals surface area contributed by atoms with Crippen LogP contribution in [-0.4, -0.2) is 34.8 Å². The van der Waals surface area contributed by atoms with Gasteiger partial charge in [-0.3, -0.25) is 0 Å². The van der Waals surface area contributed by atoms with Crippen LogP contribution in [0.15, 0.2) is 70.3 Å². The van der Waals surface area contributed by atoms with Crippen LogP contribution in [0.25, 0.3) is 22.0 Å². The third-order valence-corrected chi connectivity index (χ3v) is 8.00. The number of carboxylic acids is 1. The van der Waals surface area contributed by atoms with Crippen molar-refractivity contribution in [3.05, 3.63) is 77.2 Å². The van der Waals surface area contributed by atoms with Crippen molar-refractivity contribution in [2.75, 3.05) is 0 Å². The van der Waals surface area contributed by atoms with Crippen LogP contribution in [0.5, 0.6) is 0 Å². The van der Waals surface area contributed by atoms with E-state index in [1.807, 2.05) is 6.04 Å². The number of hydrogen-bond donors (Lipinski definition) is 2. The molecule has 1 aromatic carbocycles. The molecule has 0 amide bonds. The summed E-state index contributed by atoms with van der Waals surface area (Å²) in [6.45, 7) is 2.14. The summed E-state index contributed by atoms with van der Waals surface area (Å²) in [5.74, 6) is -1.57. The monoisotopic (exact) mass is 469 g/mol. The molecule has 0 saturated heterocycles. The second-order valence-electron chi connectivity index (χ2n) is 6.93. The zero-order valence-corrected chi connectivity index (χ0v) is 18.4. The van der Waals surface area contributed by atoms with Crippen molar-refractivity contribution in [1.82, 2.24) is 9.29 Å². The fraction of sp³-hybridized carbons (Fsp3) is 0.125. The topological polar surface area (TPSA) is 90.5 Å². The Morgan fingerprint density at radius 2 is 2.12 bits per heavy atom. The maximum Gasteiger partial charge on any atom is 0.328 e. The number of hydrogen-bond acceptors (Lipinski definition) is 4. The minimum Gasteiger partial charge on any atom is -0.480 e. The lowest BCUT2D eigenvalue weighted by molar-refractivity contribution is -0.140. The van der Waals surface area contributed by atoms with Gasteiger partial charge in [-0.05, 0) is 52.7 Å². The van der Waals surface area contributed by atoms with E-state index in [4.69, 9.17) is 13.3 Å². The SMILES string of the molecule is Cc1ccc2cc1-2.[2H]c1[nH]c2c([2H])c([2H])c([2H])c([2H])c2c1CC(C(=O)O)N(C#C)S(=O)(=O)c1cccs1. The number of benzene rings is 2. The number of para-hydroxylation sites is 1. The van der Waals surface area contributed by atoms with Crippen molar-refractivity contribution < 1.29 is 25.2 Å². The summed E-state index contributed by atoms with van der Waals surface area (Å²) >= 11 is 0.863. The minimum absolute atomic E-state index is 0.0708. The van der Waals surface area contributed by atoms with Crippen LogP contribution in [0.3, 0.4) is 0 Å². The lowest BCUT2D eigenvalue weighted by Gasteiger charge is -2.23. The van der Waals surface area contributed by atoms with Crippen LogP contribution in [-0.2, 0) is 21.2 Å². The van der Waals surface area contributed by atoms with E-state index in [-0.39, 0.29) is 26.8 Å². The minimum atomic E-state index is -4.34. The van der Waals surface area contributed by atoms with E-state index in [0.29, 0.717) is 4.31 Å². The number of nitrogens with one attached hydrogen (secondary N) is 1. The van der Waals surface area contributed by atoms with Crippen molar-refractivity contribution in [3.8, 4) is 23.6 Å². The Labute approximate surface area is 197 Å². The molecule has 0 radical (unpaired) electrons. The molecule has 2 aromatic heterocycles. The first kappa shape index (κ1) is 16.1. The molecular formula is C24H20N2O4S2. The molecule has 8 heteroatoms. The Kier molecular flexibility index (Phi) is 4.31. The highest BCUT2D eigenvalue weighted by atomic mass is 32.2. The van der Waals surface area contributed by atoms with E-state index in [2.05, 4.69) is 30.1 Å². The molecule has 0 spiro atoms. The van der Waals surface area contributed by atoms with Gasteiger partial charge in [0.2, 0.25) is 0 Å². The molecule has 0 aliphatic heterocycles. The summed E-state index contributed by atoms with van der Waals surface area (Å²) in [4.78, 5) is 14.5. The second kappa shape index (κ2) is 8.54. The number of nitrogens with zero attached hydrogens (tertiary/aromatic N) is 1. The number of fused-ring (bicyclic) bond motifs is 2. The smallest absolute Gasteiger partial charge is 0.328 e. The fourth-order valence-electron chi connectivity index (χ4n) is 3.19. The summed E-state index contributed by atoms with van der Waals surface area (Å²) in [6, 6.07) is 7.40. The first-order valence-electron chi connectivity index (χ1n) is 11.9. The summed E-state index contributed by atoms with van der Waals surface area (Å²) in [5.41, 5.74) is 4.19. The number of aryl methyl sites for hydroxylation is 1. The van der Waals surface area contributed by atoms with E-state index in [1.54, 1.807) is 0 Å². The first-order chi connectivity index (χ1) is 17.4. The number of sulfonamides is 1. The lowest BCUT2D eigenvalue weighted by atomic mass is 10.1. The Bertz CT molecular complexity index is 1690. The van der Waals surface area contributed by atoms with Crippen molar-refractivity contribution in [1.29, 1.82) is 0 Å². The zero-order valence-electron chi connectivity index (χ0n) is 21.8. The molecule has 1 unspecified atom stereocenters. The van der Waals surface area contributed by atoms with Crippen LogP contribution in [0.1, 0.15) is 18.0 Å². The van der Waals surface area contributed by atoms with Gasteiger partial charge in [0.25, 0.3) is 10.0 Å². The lowest BCUT2D eigenvalue weighted by Crippen LogP contribution is -2.43. The van der Waals surface area contributed by atoms with Gasteiger partial charge < -0.3 is 10.1 Å². The molecule has 2 aliphatic carbocycles. The van der Waals surface area contributed by atoms with Crippen LogP contribution in [0.4, 0.5) is 0 Å². The number of aromatic amines is 1. The summed E-state index contributed by atoms with van der Waals surface area (Å²) in [7, 11) is -4.34. The molecule has 2 N–H and O–H groups in total. The predicted octanol–water partition coefficient (Wildman–Crippen LogP) is 4.48. The largest absolute Gasteiger partial charge is 0.480 e. The quantitative estimate of drug-likeness (QED) is 0.283. The predicted molar refractivity (Wildman–Crippen MR) is 126 cm³/mol. The van der Waals surface area contributed by atoms with Crippen molar-refractivity contribution >= 4 is 38.2 Å². The summed E-state index contributed by atoms with van der Waals surface area (Å²) in [6.07, 6.45) is 4.41. The average Bonchev–Trinajstić information content (AvgIpc) is 3.14. The molecule has 32 heavy (non-hydrogen) atoms. The third-order valence-electron chi connectivity index (χ3n) is 4.89. The summed E-state index contributed by atoms with van der Waals surface area (Å²) in [5, 5.41) is 11.1. The fourth-order valence-corrected chi connectivity index (χ4v) is 5.61. The number of aromatic nitrogens is 1. The molecule has 0 fully saturated rings. The van der Waals surface area contributed by atoms with E-state index in [1.165, 1.54) is 34.2 Å². The van der Waals surface area contributed by atoms with Gasteiger partial charge in [-0.25, -0.2) is 9.10 Å². The van der Waals surface area contributed by atoms with Gasteiger partial charge in [0.15, 0.2) is 6.04 Å². The van der Waals surface area contributed by atoms with E-state index < -0.39 is 52.6 Å². The number of thiophene rings is 1. The van der Waals surface area contributed by atoms with Gasteiger partial charge in [0, 0.05) is 29.5 Å². The highest BCUT2D eigenvalue weighted by Gasteiger charge is 2.35. The van der Waals surface area contributed by atoms with Gasteiger partial charge in [0.1, 0.15) is 4.21 Å². The van der Waals surface area contributed by atoms with Gasteiger partial charge in [0.05, 0.1) is 6.85 Å². The third kappa shape index (κ3) is 4.13. The maximum absolute atomic E-state index is 12.8. The Balaban J connectivity index is 0.000000387. The molecule has 2 aliphatic rings. The van der Waals surface area contributed by atoms with E-state index in [9.17, 15) is 18.3 Å². The van der Waals surface area contributed by atoms with Gasteiger partial charge in [-0.15, -0.1) is 11.3 Å². The Morgan fingerprint density at radius 1 is 1.34 bits per heavy atom. The Hall–Kier alpha value is -3.54. The van der Waals surface area contributed by atoms with Crippen molar-refractivity contribution in [2.24, 2.45) is 0 Å². The zero-order chi connectivity index (χ0) is 27.2. The van der Waals surface area contributed by atoms with Crippen molar-refractivity contribution in [3.63, 3.8) is 0 Å². The standard InChI is InChI=1S/C17H14N2O4S2.C7H6/c1-2-19(25(22,23)16-8-5-9-24-16)15(17(20)21)10-12-11-18-14-7-4-3-6-13(12)14;1-5-2-3-6-4-7(5)6/h1,3-9,11,15,18H,10H2,(H,20,21);2-4H,1H3/i3D,4D,6D,7D,11D;. The van der Waals surface area contributed by atoms with Crippen LogP contribution < -0.4 is 0 Å². The molecule has 6 nitrogen and oxygen atoms in total. The van der Waals surface area contributed by atoms with Gasteiger partial charge in [-0.1, -0.05) is 42.7 Å². The Morgan fingerprint density at radius 3 is 2.66 bits per heavy atom. The highest BCUT2D eigenvalue weighted by Crippen LogP contribution is 2.37. The number of carboxylic acid groups (broad SMARTS) is 1. The molecule has 1 atom stereocenters. The number of carbonyl (C=O) groups is 1. The highest BCUT2D eigenvalue weighted by molar-refractivity contribution is 7.91. The number of aliphatic carboxylic acids is 1. The average molecular weight is 470 g/mol. The second-order valence-corrected chi connectivity index (χ2v) is 9.92. The molecule has 2 heterocycles. The number of rotatable bonds is 6.